The number of sulfone groups is 1. The minimum atomic E-state index is -3.89. The number of benzene rings is 2. The second-order valence-corrected chi connectivity index (χ2v) is 8.96. The first-order chi connectivity index (χ1) is 13.9. The molecule has 0 unspecified atom stereocenters. The molecule has 2 aromatic carbocycles. The quantitative estimate of drug-likeness (QED) is 0.453. The van der Waals surface area contributed by atoms with Crippen LogP contribution in [0.3, 0.4) is 0 Å². The molecule has 0 spiro atoms. The number of aromatic nitrogens is 2. The number of ether oxygens (including phenoxy) is 1. The highest BCUT2D eigenvalue weighted by Crippen LogP contribution is 2.24. The van der Waals surface area contributed by atoms with Crippen LogP contribution in [0.2, 0.25) is 0 Å². The van der Waals surface area contributed by atoms with Gasteiger partial charge in [-0.05, 0) is 29.8 Å². The molecule has 1 amide bonds. The molecule has 150 valence electrons. The highest BCUT2D eigenvalue weighted by atomic mass is 32.2. The van der Waals surface area contributed by atoms with Crippen LogP contribution >= 0.6 is 11.3 Å². The molecule has 0 bridgehead atoms. The average Bonchev–Trinajstić information content (AvgIpc) is 3.18. The molecular formula is C19H16FN3O4S2. The molecule has 0 saturated heterocycles. The third-order valence-electron chi connectivity index (χ3n) is 3.75. The standard InChI is InChI=1S/C19H16FN3O4S2/c1-27-15-9-6-13(7-10-15)8-11-17(24)21-18-22-23-19(28-18)29(25,26)12-14-4-2-3-5-16(14)20/h2-11H,12H2,1H3,(H,21,22,24)/b11-8+. The Morgan fingerprint density at radius 1 is 1.17 bits per heavy atom. The van der Waals surface area contributed by atoms with E-state index >= 15 is 0 Å². The topological polar surface area (TPSA) is 98.2 Å². The first kappa shape index (κ1) is 20.6. The van der Waals surface area contributed by atoms with Crippen LogP contribution in [0.1, 0.15) is 11.1 Å². The fourth-order valence-corrected chi connectivity index (χ4v) is 4.64. The number of nitrogens with one attached hydrogen (secondary N) is 1. The summed E-state index contributed by atoms with van der Waals surface area (Å²) in [7, 11) is -2.33. The van der Waals surface area contributed by atoms with E-state index in [0.717, 1.165) is 5.56 Å². The van der Waals surface area contributed by atoms with E-state index in [0.29, 0.717) is 17.1 Å². The van der Waals surface area contributed by atoms with E-state index < -0.39 is 27.3 Å². The monoisotopic (exact) mass is 433 g/mol. The van der Waals surface area contributed by atoms with Crippen molar-refractivity contribution in [2.24, 2.45) is 0 Å². The van der Waals surface area contributed by atoms with E-state index in [2.05, 4.69) is 15.5 Å². The highest BCUT2D eigenvalue weighted by Gasteiger charge is 2.22. The lowest BCUT2D eigenvalue weighted by molar-refractivity contribution is -0.111. The van der Waals surface area contributed by atoms with Gasteiger partial charge in [-0.15, -0.1) is 10.2 Å². The molecule has 0 atom stereocenters. The molecule has 10 heteroatoms. The fraction of sp³-hybridized carbons (Fsp3) is 0.105. The number of carbonyl (C=O) groups excluding carboxylic acids is 1. The molecule has 0 aliphatic rings. The Morgan fingerprint density at radius 3 is 2.59 bits per heavy atom. The van der Waals surface area contributed by atoms with Crippen molar-refractivity contribution >= 4 is 38.3 Å². The van der Waals surface area contributed by atoms with Crippen molar-refractivity contribution in [2.75, 3.05) is 12.4 Å². The van der Waals surface area contributed by atoms with Gasteiger partial charge in [0.15, 0.2) is 0 Å². The van der Waals surface area contributed by atoms with Gasteiger partial charge >= 0.3 is 0 Å². The number of halogens is 1. The Hall–Kier alpha value is -3.11. The summed E-state index contributed by atoms with van der Waals surface area (Å²) in [6.07, 6.45) is 2.88. The summed E-state index contributed by atoms with van der Waals surface area (Å²) < 4.78 is 43.3. The Bertz CT molecular complexity index is 1140. The lowest BCUT2D eigenvalue weighted by Crippen LogP contribution is -2.07. The summed E-state index contributed by atoms with van der Waals surface area (Å²) in [4.78, 5) is 12.0. The maximum Gasteiger partial charge on any atom is 0.250 e. The molecule has 29 heavy (non-hydrogen) atoms. The van der Waals surface area contributed by atoms with Gasteiger partial charge in [-0.25, -0.2) is 12.8 Å². The number of anilines is 1. The molecular weight excluding hydrogens is 417 g/mol. The number of amides is 1. The summed E-state index contributed by atoms with van der Waals surface area (Å²) in [5.41, 5.74) is 0.821. The molecule has 0 saturated carbocycles. The summed E-state index contributed by atoms with van der Waals surface area (Å²) in [6, 6.07) is 12.7. The smallest absolute Gasteiger partial charge is 0.250 e. The number of rotatable bonds is 7. The second kappa shape index (κ2) is 8.93. The van der Waals surface area contributed by atoms with E-state index in [1.54, 1.807) is 43.5 Å². The first-order valence-corrected chi connectivity index (χ1v) is 10.8. The van der Waals surface area contributed by atoms with Crippen LogP contribution in [0.4, 0.5) is 9.52 Å². The largest absolute Gasteiger partial charge is 0.497 e. The van der Waals surface area contributed by atoms with E-state index in [9.17, 15) is 17.6 Å². The molecule has 3 rings (SSSR count). The first-order valence-electron chi connectivity index (χ1n) is 8.30. The summed E-state index contributed by atoms with van der Waals surface area (Å²) in [5.74, 6) is -0.947. The summed E-state index contributed by atoms with van der Waals surface area (Å²) in [6.45, 7) is 0. The normalized spacial score (nSPS) is 11.5. The van der Waals surface area contributed by atoms with Crippen LogP contribution < -0.4 is 10.1 Å². The van der Waals surface area contributed by atoms with Crippen molar-refractivity contribution in [1.29, 1.82) is 0 Å². The number of carbonyl (C=O) groups is 1. The zero-order valence-electron chi connectivity index (χ0n) is 15.2. The van der Waals surface area contributed by atoms with Gasteiger partial charge in [0.1, 0.15) is 11.6 Å². The third kappa shape index (κ3) is 5.46. The maximum atomic E-state index is 13.7. The molecule has 0 fully saturated rings. The number of nitrogens with zero attached hydrogens (tertiary/aromatic N) is 2. The molecule has 3 aromatic rings. The van der Waals surface area contributed by atoms with Crippen LogP contribution in [-0.4, -0.2) is 31.6 Å². The van der Waals surface area contributed by atoms with Gasteiger partial charge in [-0.2, -0.15) is 0 Å². The minimum Gasteiger partial charge on any atom is -0.497 e. The number of hydrogen-bond acceptors (Lipinski definition) is 7. The zero-order chi connectivity index (χ0) is 20.9. The fourth-order valence-electron chi connectivity index (χ4n) is 2.30. The molecule has 0 radical (unpaired) electrons. The molecule has 1 aromatic heterocycles. The van der Waals surface area contributed by atoms with Gasteiger partial charge in [-0.1, -0.05) is 41.7 Å². The Balaban J connectivity index is 1.65. The molecule has 0 aliphatic heterocycles. The predicted octanol–water partition coefficient (Wildman–Crippen LogP) is 3.31. The highest BCUT2D eigenvalue weighted by molar-refractivity contribution is 7.92. The zero-order valence-corrected chi connectivity index (χ0v) is 16.8. The molecule has 0 aliphatic carbocycles. The van der Waals surface area contributed by atoms with Gasteiger partial charge in [0.05, 0.1) is 12.9 Å². The van der Waals surface area contributed by atoms with Crippen molar-refractivity contribution in [3.63, 3.8) is 0 Å². The molecule has 1 N–H and O–H groups in total. The Morgan fingerprint density at radius 2 is 1.90 bits per heavy atom. The Kier molecular flexibility index (Phi) is 6.35. The van der Waals surface area contributed by atoms with E-state index in [1.165, 1.54) is 24.3 Å². The number of methoxy groups -OCH3 is 1. The van der Waals surface area contributed by atoms with Crippen molar-refractivity contribution in [1.82, 2.24) is 10.2 Å². The van der Waals surface area contributed by atoms with Gasteiger partial charge < -0.3 is 4.74 Å². The predicted molar refractivity (Wildman–Crippen MR) is 108 cm³/mol. The van der Waals surface area contributed by atoms with Crippen molar-refractivity contribution in [2.45, 2.75) is 10.1 Å². The number of hydrogen-bond donors (Lipinski definition) is 1. The van der Waals surface area contributed by atoms with Crippen LogP contribution in [0.5, 0.6) is 5.75 Å². The second-order valence-electron chi connectivity index (χ2n) is 5.82. The van der Waals surface area contributed by atoms with Crippen LogP contribution in [0.15, 0.2) is 58.9 Å². The summed E-state index contributed by atoms with van der Waals surface area (Å²) >= 11 is 0.705. The third-order valence-corrected chi connectivity index (χ3v) is 6.70. The van der Waals surface area contributed by atoms with Crippen molar-refractivity contribution in [3.8, 4) is 5.75 Å². The van der Waals surface area contributed by atoms with Crippen LogP contribution in [-0.2, 0) is 20.4 Å². The molecule has 1 heterocycles. The lowest BCUT2D eigenvalue weighted by Gasteiger charge is -2.01. The van der Waals surface area contributed by atoms with Crippen molar-refractivity contribution in [3.05, 3.63) is 71.6 Å². The Labute approximate surface area is 170 Å². The van der Waals surface area contributed by atoms with Gasteiger partial charge in [0, 0.05) is 11.6 Å². The van der Waals surface area contributed by atoms with Gasteiger partial charge in [-0.3, -0.25) is 10.1 Å². The van der Waals surface area contributed by atoms with E-state index in [-0.39, 0.29) is 15.0 Å². The van der Waals surface area contributed by atoms with Gasteiger partial charge in [0.2, 0.25) is 25.2 Å². The van der Waals surface area contributed by atoms with Crippen LogP contribution in [0, 0.1) is 5.82 Å². The lowest BCUT2D eigenvalue weighted by atomic mass is 10.2. The van der Waals surface area contributed by atoms with Crippen LogP contribution in [0.25, 0.3) is 6.08 Å². The van der Waals surface area contributed by atoms with Gasteiger partial charge in [0.25, 0.3) is 0 Å². The average molecular weight is 433 g/mol. The van der Waals surface area contributed by atoms with E-state index in [1.807, 2.05) is 0 Å². The molecule has 7 nitrogen and oxygen atoms in total. The maximum absolute atomic E-state index is 13.7. The van der Waals surface area contributed by atoms with Crippen molar-refractivity contribution < 1.29 is 22.3 Å². The van der Waals surface area contributed by atoms with E-state index in [4.69, 9.17) is 4.74 Å². The minimum absolute atomic E-state index is 0.0292. The SMILES string of the molecule is COc1ccc(/C=C/C(=O)Nc2nnc(S(=O)(=O)Cc3ccccc3F)s2)cc1. The summed E-state index contributed by atoms with van der Waals surface area (Å²) in [5, 5.41) is 9.77.